The van der Waals surface area contributed by atoms with Crippen LogP contribution in [0.4, 0.5) is 29.3 Å². The Morgan fingerprint density at radius 2 is 1.64 bits per heavy atom. The van der Waals surface area contributed by atoms with Crippen molar-refractivity contribution in [1.82, 2.24) is 5.43 Å². The van der Waals surface area contributed by atoms with E-state index in [1.54, 1.807) is 5.43 Å². The van der Waals surface area contributed by atoms with Crippen molar-refractivity contribution in [3.8, 4) is 0 Å². The number of nitrogens with one attached hydrogen (secondary N) is 3. The molecule has 0 aromatic heterocycles. The number of nitrogens with two attached hydrogens (primary N) is 1. The van der Waals surface area contributed by atoms with Crippen LogP contribution in [0.15, 0.2) is 77.3 Å². The molecule has 0 fully saturated rings. The molecular weight excluding hydrogens is 501 g/mol. The smallest absolute Gasteiger partial charge is 0.377 e. The Morgan fingerprint density at radius 1 is 1.00 bits per heavy atom. The van der Waals surface area contributed by atoms with Crippen molar-refractivity contribution in [3.63, 3.8) is 0 Å². The van der Waals surface area contributed by atoms with Crippen LogP contribution in [0, 0.1) is 0 Å². The van der Waals surface area contributed by atoms with E-state index in [2.05, 4.69) is 26.6 Å². The number of Topliss-reactive ketones (excluding diaryl/α,β-unsaturated/α-hetero) is 1. The van der Waals surface area contributed by atoms with Crippen LogP contribution in [0.3, 0.4) is 0 Å². The van der Waals surface area contributed by atoms with Gasteiger partial charge in [-0.05, 0) is 54.1 Å². The number of halogens is 4. The number of amides is 2. The lowest BCUT2D eigenvalue weighted by molar-refractivity contribution is -0.137. The van der Waals surface area contributed by atoms with Crippen LogP contribution in [-0.4, -0.2) is 11.8 Å². The molecule has 1 heterocycles. The van der Waals surface area contributed by atoms with Crippen molar-refractivity contribution in [2.75, 3.05) is 10.6 Å². The van der Waals surface area contributed by atoms with Gasteiger partial charge in [0.25, 0.3) is 0 Å². The number of hydrogen-bond acceptors (Lipinski definition) is 4. The van der Waals surface area contributed by atoms with Crippen molar-refractivity contribution in [2.45, 2.75) is 18.6 Å². The summed E-state index contributed by atoms with van der Waals surface area (Å²) in [5, 5.41) is 5.65. The second-order valence-electron chi connectivity index (χ2n) is 7.09. The minimum absolute atomic E-state index is 0.0699. The number of urea groups is 1. The molecule has 4 rings (SSSR count). The zero-order chi connectivity index (χ0) is 24.0. The van der Waals surface area contributed by atoms with E-state index in [1.165, 1.54) is 0 Å². The van der Waals surface area contributed by atoms with E-state index in [0.29, 0.717) is 6.42 Å². The number of ketones is 1. The van der Waals surface area contributed by atoms with E-state index >= 15 is 0 Å². The highest BCUT2D eigenvalue weighted by molar-refractivity contribution is 9.10. The molecule has 33 heavy (non-hydrogen) atoms. The number of hydrazine groups is 1. The molecule has 1 aliphatic rings. The van der Waals surface area contributed by atoms with E-state index in [4.69, 9.17) is 5.84 Å². The maximum absolute atomic E-state index is 12.1. The van der Waals surface area contributed by atoms with E-state index in [9.17, 15) is 22.8 Å². The van der Waals surface area contributed by atoms with Gasteiger partial charge in [-0.1, -0.05) is 40.2 Å². The van der Waals surface area contributed by atoms with Crippen molar-refractivity contribution in [1.29, 1.82) is 0 Å². The van der Waals surface area contributed by atoms with Gasteiger partial charge in [-0.25, -0.2) is 10.6 Å². The number of hydrogen-bond donors (Lipinski definition) is 4. The van der Waals surface area contributed by atoms with Gasteiger partial charge >= 0.3 is 12.2 Å². The summed E-state index contributed by atoms with van der Waals surface area (Å²) < 4.78 is 37.4. The van der Waals surface area contributed by atoms with Crippen LogP contribution in [0.1, 0.15) is 33.9 Å². The largest absolute Gasteiger partial charge is 0.416 e. The second kappa shape index (κ2) is 10.5. The summed E-state index contributed by atoms with van der Waals surface area (Å²) in [5.74, 6) is 4.98. The van der Waals surface area contributed by atoms with Gasteiger partial charge in [0.05, 0.1) is 11.6 Å². The fourth-order valence-corrected chi connectivity index (χ4v) is 3.46. The van der Waals surface area contributed by atoms with E-state index in [-0.39, 0.29) is 17.5 Å². The molecule has 0 bridgehead atoms. The first-order valence-electron chi connectivity index (χ1n) is 9.76. The molecular formula is C23H20BrF3N4O2. The number of rotatable bonds is 2. The molecule has 1 unspecified atom stereocenters. The van der Waals surface area contributed by atoms with Crippen molar-refractivity contribution < 1.29 is 22.8 Å². The molecule has 6 nitrogen and oxygen atoms in total. The lowest BCUT2D eigenvalue weighted by Crippen LogP contribution is -2.34. The number of para-hydroxylation sites is 1. The van der Waals surface area contributed by atoms with Crippen LogP contribution in [0.5, 0.6) is 0 Å². The van der Waals surface area contributed by atoms with Crippen molar-refractivity contribution >= 4 is 39.1 Å². The number of benzene rings is 3. The van der Waals surface area contributed by atoms with Crippen molar-refractivity contribution in [2.24, 2.45) is 5.84 Å². The fourth-order valence-electron chi connectivity index (χ4n) is 3.19. The lowest BCUT2D eigenvalue weighted by Gasteiger charge is -2.26. The summed E-state index contributed by atoms with van der Waals surface area (Å²) in [5.41, 5.74) is 4.11. The first-order valence-corrected chi connectivity index (χ1v) is 10.6. The highest BCUT2D eigenvalue weighted by atomic mass is 79.9. The van der Waals surface area contributed by atoms with Gasteiger partial charge < -0.3 is 10.6 Å². The van der Waals surface area contributed by atoms with Crippen LogP contribution in [-0.2, 0) is 6.18 Å². The molecule has 172 valence electrons. The molecule has 5 N–H and O–H groups in total. The highest BCUT2D eigenvalue weighted by Gasteiger charge is 2.30. The van der Waals surface area contributed by atoms with Crippen LogP contribution in [0.2, 0.25) is 0 Å². The molecule has 0 saturated carbocycles. The molecule has 2 amide bonds. The summed E-state index contributed by atoms with van der Waals surface area (Å²) in [6.45, 7) is 0. The van der Waals surface area contributed by atoms with Crippen LogP contribution < -0.4 is 21.9 Å². The Labute approximate surface area is 196 Å². The summed E-state index contributed by atoms with van der Waals surface area (Å²) >= 11 is 3.42. The van der Waals surface area contributed by atoms with Crippen LogP contribution in [0.25, 0.3) is 0 Å². The summed E-state index contributed by atoms with van der Waals surface area (Å²) in [4.78, 5) is 22.8. The predicted octanol–water partition coefficient (Wildman–Crippen LogP) is 5.89. The van der Waals surface area contributed by atoms with Crippen molar-refractivity contribution in [3.05, 3.63) is 94.0 Å². The number of carbonyl (C=O) groups is 2. The quantitative estimate of drug-likeness (QED) is 0.192. The van der Waals surface area contributed by atoms with E-state index in [1.807, 2.05) is 48.5 Å². The predicted molar refractivity (Wildman–Crippen MR) is 124 cm³/mol. The zero-order valence-corrected chi connectivity index (χ0v) is 18.7. The topological polar surface area (TPSA) is 96.2 Å². The average Bonchev–Trinajstić information content (AvgIpc) is 2.79. The SMILES string of the molecule is NNC(=O)Nc1ccc(C(F)(F)F)cc1.O=C1CC(c2ccc(Br)cc2)Nc2ccccc21. The first-order chi connectivity index (χ1) is 15.7. The molecule has 0 aliphatic carbocycles. The molecule has 0 spiro atoms. The first kappa shape index (κ1) is 24.3. The molecule has 1 aliphatic heterocycles. The second-order valence-corrected chi connectivity index (χ2v) is 8.01. The maximum atomic E-state index is 12.1. The number of fused-ring (bicyclic) bond motifs is 1. The van der Waals surface area contributed by atoms with Gasteiger partial charge in [-0.2, -0.15) is 13.2 Å². The Balaban J connectivity index is 0.000000190. The number of alkyl halides is 3. The third kappa shape index (κ3) is 6.56. The highest BCUT2D eigenvalue weighted by Crippen LogP contribution is 2.33. The summed E-state index contributed by atoms with van der Waals surface area (Å²) in [6.07, 6.45) is -3.87. The lowest BCUT2D eigenvalue weighted by atomic mass is 9.92. The van der Waals surface area contributed by atoms with Gasteiger partial charge in [0.15, 0.2) is 5.78 Å². The fraction of sp³-hybridized carbons (Fsp3) is 0.130. The summed E-state index contributed by atoms with van der Waals surface area (Å²) in [6, 6.07) is 19.2. The van der Waals surface area contributed by atoms with Gasteiger partial charge in [-0.15, -0.1) is 0 Å². The van der Waals surface area contributed by atoms with Crippen LogP contribution >= 0.6 is 15.9 Å². The molecule has 3 aromatic rings. The average molecular weight is 521 g/mol. The maximum Gasteiger partial charge on any atom is 0.416 e. The third-order valence-corrected chi connectivity index (χ3v) is 5.35. The Kier molecular flexibility index (Phi) is 7.72. The number of carbonyl (C=O) groups excluding carboxylic acids is 2. The molecule has 3 aromatic carbocycles. The molecule has 10 heteroatoms. The van der Waals surface area contributed by atoms with Gasteiger partial charge in [0, 0.05) is 27.8 Å². The summed E-state index contributed by atoms with van der Waals surface area (Å²) in [7, 11) is 0. The minimum Gasteiger partial charge on any atom is -0.377 e. The number of anilines is 2. The van der Waals surface area contributed by atoms with Gasteiger partial charge in [0.2, 0.25) is 0 Å². The molecule has 1 atom stereocenters. The van der Waals surface area contributed by atoms with E-state index < -0.39 is 17.8 Å². The molecule has 0 radical (unpaired) electrons. The third-order valence-electron chi connectivity index (χ3n) is 4.82. The minimum atomic E-state index is -4.38. The normalized spacial score (nSPS) is 14.8. The van der Waals surface area contributed by atoms with E-state index in [0.717, 1.165) is 45.6 Å². The Morgan fingerprint density at radius 3 is 2.24 bits per heavy atom. The van der Waals surface area contributed by atoms with Gasteiger partial charge in [-0.3, -0.25) is 10.2 Å². The Hall–Kier alpha value is -3.37. The van der Waals surface area contributed by atoms with Gasteiger partial charge in [0.1, 0.15) is 0 Å². The monoisotopic (exact) mass is 520 g/mol. The Bertz CT molecular complexity index is 1120. The standard InChI is InChI=1S/C15H12BrNO.C8H8F3N3O/c16-11-7-5-10(6-8-11)14-9-15(18)12-3-1-2-4-13(12)17-14;9-8(10,11)5-1-3-6(4-2-5)13-7(15)14-12/h1-8,14,17H,9H2;1-4H,12H2,(H2,13,14,15). The molecule has 0 saturated heterocycles. The zero-order valence-electron chi connectivity index (χ0n) is 17.1.